The number of aromatic nitrogens is 1. The first-order chi connectivity index (χ1) is 17.6. The van der Waals surface area contributed by atoms with Crippen LogP contribution in [0.25, 0.3) is 0 Å². The first-order valence-electron chi connectivity index (χ1n) is 13.1. The molecule has 0 saturated carbocycles. The van der Waals surface area contributed by atoms with E-state index in [1.165, 1.54) is 0 Å². The number of likely N-dealkylation sites (tertiary alicyclic amines) is 1. The summed E-state index contributed by atoms with van der Waals surface area (Å²) in [5.41, 5.74) is 2.32. The summed E-state index contributed by atoms with van der Waals surface area (Å²) in [6.07, 6.45) is 2.34. The summed E-state index contributed by atoms with van der Waals surface area (Å²) in [5.74, 6) is 1.31. The van der Waals surface area contributed by atoms with Gasteiger partial charge in [-0.3, -0.25) is 9.69 Å². The maximum atomic E-state index is 13.2. The average molecular weight is 526 g/mol. The zero-order valence-electron chi connectivity index (χ0n) is 22.1. The van der Waals surface area contributed by atoms with E-state index >= 15 is 0 Å². The molecule has 2 saturated heterocycles. The molecule has 1 unspecified atom stereocenters. The van der Waals surface area contributed by atoms with Gasteiger partial charge in [-0.2, -0.15) is 0 Å². The van der Waals surface area contributed by atoms with E-state index in [0.29, 0.717) is 37.1 Å². The van der Waals surface area contributed by atoms with Gasteiger partial charge in [0.1, 0.15) is 11.4 Å². The van der Waals surface area contributed by atoms with Crippen LogP contribution in [0.1, 0.15) is 45.2 Å². The maximum Gasteiger partial charge on any atom is 0.410 e. The van der Waals surface area contributed by atoms with Gasteiger partial charge in [0, 0.05) is 73.1 Å². The number of carbonyl (C=O) groups is 2. The number of ether oxygens (including phenoxy) is 1. The van der Waals surface area contributed by atoms with E-state index in [1.54, 1.807) is 11.1 Å². The van der Waals surface area contributed by atoms with Gasteiger partial charge in [-0.25, -0.2) is 9.78 Å². The number of halogens is 1. The van der Waals surface area contributed by atoms with Crippen molar-refractivity contribution in [3.8, 4) is 0 Å². The number of amides is 2. The highest BCUT2D eigenvalue weighted by molar-refractivity contribution is 6.32. The van der Waals surface area contributed by atoms with Gasteiger partial charge in [-0.05, 0) is 51.0 Å². The number of benzene rings is 1. The van der Waals surface area contributed by atoms with Gasteiger partial charge in [-0.1, -0.05) is 30.7 Å². The Morgan fingerprint density at radius 1 is 1.24 bits per heavy atom. The van der Waals surface area contributed by atoms with E-state index < -0.39 is 5.60 Å². The molecule has 0 aliphatic carbocycles. The van der Waals surface area contributed by atoms with Crippen LogP contribution in [0.4, 0.5) is 16.3 Å². The topological polar surface area (TPSA) is 78.0 Å². The molecule has 2 fully saturated rings. The van der Waals surface area contributed by atoms with Gasteiger partial charge in [0.05, 0.1) is 6.54 Å². The fourth-order valence-corrected chi connectivity index (χ4v) is 6.08. The Kier molecular flexibility index (Phi) is 6.83. The minimum Gasteiger partial charge on any atom is -0.444 e. The van der Waals surface area contributed by atoms with Crippen LogP contribution in [-0.4, -0.2) is 78.2 Å². The number of hydrogen-bond donors (Lipinski definition) is 1. The van der Waals surface area contributed by atoms with Crippen molar-refractivity contribution >= 4 is 35.1 Å². The molecule has 9 heteroatoms. The van der Waals surface area contributed by atoms with Crippen LogP contribution in [-0.2, 0) is 14.9 Å². The molecular formula is C28H36ClN5O3. The smallest absolute Gasteiger partial charge is 0.410 e. The van der Waals surface area contributed by atoms with Crippen LogP contribution >= 0.6 is 11.6 Å². The summed E-state index contributed by atoms with van der Waals surface area (Å²) in [7, 11) is 0. The van der Waals surface area contributed by atoms with Gasteiger partial charge in [0.15, 0.2) is 0 Å². The summed E-state index contributed by atoms with van der Waals surface area (Å²) in [6.45, 7) is 12.5. The standard InChI is InChI=1S/C28H36ClN5O3/c1-5-28(18-31-25-24(28)22(29)9-10-30-25)20-7-6-8-21(13-20)34-12-11-32(17-23(34)35)14-19-15-33(16-19)26(36)37-27(2,3)4/h6-10,13,19H,5,11-12,14-18H2,1-4H3,(H,30,31). The minimum atomic E-state index is -0.486. The number of anilines is 2. The van der Waals surface area contributed by atoms with Crippen molar-refractivity contribution in [2.45, 2.75) is 45.1 Å². The van der Waals surface area contributed by atoms with Crippen molar-refractivity contribution in [3.05, 3.63) is 52.7 Å². The Labute approximate surface area is 223 Å². The molecule has 3 aliphatic rings. The van der Waals surface area contributed by atoms with Crippen LogP contribution in [0.3, 0.4) is 0 Å². The highest BCUT2D eigenvalue weighted by Gasteiger charge is 2.42. The van der Waals surface area contributed by atoms with E-state index in [4.69, 9.17) is 16.3 Å². The Balaban J connectivity index is 1.22. The van der Waals surface area contributed by atoms with E-state index in [1.807, 2.05) is 43.9 Å². The summed E-state index contributed by atoms with van der Waals surface area (Å²) in [5, 5.41) is 4.15. The molecule has 0 spiro atoms. The maximum absolute atomic E-state index is 13.2. The molecule has 0 radical (unpaired) electrons. The third-order valence-corrected chi connectivity index (χ3v) is 7.99. The van der Waals surface area contributed by atoms with Crippen molar-refractivity contribution in [2.75, 3.05) is 56.0 Å². The summed E-state index contributed by atoms with van der Waals surface area (Å²) in [4.78, 5) is 35.7. The molecule has 8 nitrogen and oxygen atoms in total. The van der Waals surface area contributed by atoms with Crippen molar-refractivity contribution in [3.63, 3.8) is 0 Å². The lowest BCUT2D eigenvalue weighted by Gasteiger charge is -2.43. The fourth-order valence-electron chi connectivity index (χ4n) is 5.75. The van der Waals surface area contributed by atoms with Gasteiger partial charge in [0.25, 0.3) is 0 Å². The SMILES string of the molecule is CCC1(c2cccc(N3CCN(CC4CN(C(=O)OC(C)(C)C)C4)CC3=O)c2)CNc2nccc(Cl)c21. The summed E-state index contributed by atoms with van der Waals surface area (Å²) < 4.78 is 5.45. The van der Waals surface area contributed by atoms with Crippen molar-refractivity contribution in [1.82, 2.24) is 14.8 Å². The molecular weight excluding hydrogens is 490 g/mol. The fraction of sp³-hybridized carbons (Fsp3) is 0.536. The quantitative estimate of drug-likeness (QED) is 0.624. The number of carbonyl (C=O) groups excluding carboxylic acids is 2. The molecule has 0 bridgehead atoms. The van der Waals surface area contributed by atoms with Crippen molar-refractivity contribution in [2.24, 2.45) is 5.92 Å². The largest absolute Gasteiger partial charge is 0.444 e. The number of nitrogens with zero attached hydrogens (tertiary/aromatic N) is 4. The molecule has 3 aliphatic heterocycles. The molecule has 37 heavy (non-hydrogen) atoms. The van der Waals surface area contributed by atoms with Crippen molar-refractivity contribution < 1.29 is 14.3 Å². The normalized spacial score (nSPS) is 22.5. The summed E-state index contributed by atoms with van der Waals surface area (Å²) >= 11 is 6.64. The third-order valence-electron chi connectivity index (χ3n) is 7.68. The number of nitrogens with one attached hydrogen (secondary N) is 1. The molecule has 1 aromatic carbocycles. The van der Waals surface area contributed by atoms with Crippen LogP contribution in [0.15, 0.2) is 36.5 Å². The number of pyridine rings is 1. The van der Waals surface area contributed by atoms with Gasteiger partial charge in [-0.15, -0.1) is 0 Å². The molecule has 1 aromatic heterocycles. The predicted octanol–water partition coefficient (Wildman–Crippen LogP) is 4.37. The molecule has 1 atom stereocenters. The second kappa shape index (κ2) is 9.80. The summed E-state index contributed by atoms with van der Waals surface area (Å²) in [6, 6.07) is 10.2. The molecule has 1 N–H and O–H groups in total. The number of hydrogen-bond acceptors (Lipinski definition) is 6. The second-order valence-corrected chi connectivity index (χ2v) is 11.8. The lowest BCUT2D eigenvalue weighted by atomic mass is 9.74. The number of fused-ring (bicyclic) bond motifs is 1. The Bertz CT molecular complexity index is 1190. The second-order valence-electron chi connectivity index (χ2n) is 11.4. The number of rotatable bonds is 5. The van der Waals surface area contributed by atoms with Crippen LogP contribution in [0.2, 0.25) is 5.02 Å². The number of piperazine rings is 1. The first-order valence-corrected chi connectivity index (χ1v) is 13.5. The average Bonchev–Trinajstić information content (AvgIpc) is 3.21. The molecule has 2 amide bonds. The molecule has 4 heterocycles. The Hall–Kier alpha value is -2.84. The highest BCUT2D eigenvalue weighted by Crippen LogP contribution is 2.47. The minimum absolute atomic E-state index is 0.0990. The van der Waals surface area contributed by atoms with Gasteiger partial charge >= 0.3 is 6.09 Å². The molecule has 198 valence electrons. The zero-order chi connectivity index (χ0) is 26.4. The Morgan fingerprint density at radius 2 is 2.03 bits per heavy atom. The molecule has 5 rings (SSSR count). The van der Waals surface area contributed by atoms with Gasteiger partial charge < -0.3 is 19.9 Å². The van der Waals surface area contributed by atoms with Gasteiger partial charge in [0.2, 0.25) is 5.91 Å². The highest BCUT2D eigenvalue weighted by atomic mass is 35.5. The lowest BCUT2D eigenvalue weighted by Crippen LogP contribution is -2.58. The third kappa shape index (κ3) is 5.01. The van der Waals surface area contributed by atoms with Crippen LogP contribution in [0.5, 0.6) is 0 Å². The van der Waals surface area contributed by atoms with E-state index in [-0.39, 0.29) is 17.4 Å². The van der Waals surface area contributed by atoms with E-state index in [9.17, 15) is 9.59 Å². The molecule has 2 aromatic rings. The van der Waals surface area contributed by atoms with Crippen LogP contribution < -0.4 is 10.2 Å². The predicted molar refractivity (Wildman–Crippen MR) is 145 cm³/mol. The Morgan fingerprint density at radius 3 is 2.73 bits per heavy atom. The first kappa shape index (κ1) is 25.8. The zero-order valence-corrected chi connectivity index (χ0v) is 22.8. The van der Waals surface area contributed by atoms with E-state index in [0.717, 1.165) is 48.7 Å². The lowest BCUT2D eigenvalue weighted by molar-refractivity contribution is -0.121. The monoisotopic (exact) mass is 525 g/mol. The van der Waals surface area contributed by atoms with E-state index in [2.05, 4.69) is 34.3 Å². The van der Waals surface area contributed by atoms with Crippen LogP contribution in [0, 0.1) is 5.92 Å². The van der Waals surface area contributed by atoms with Crippen molar-refractivity contribution in [1.29, 1.82) is 0 Å².